The third-order valence-electron chi connectivity index (χ3n) is 3.90. The van der Waals surface area contributed by atoms with Crippen LogP contribution in [0.5, 0.6) is 0 Å². The second-order valence-electron chi connectivity index (χ2n) is 6.83. The molecule has 0 aliphatic rings. The zero-order valence-corrected chi connectivity index (χ0v) is 18.5. The number of benzene rings is 2. The Bertz CT molecular complexity index is 690. The van der Waals surface area contributed by atoms with E-state index in [1.807, 2.05) is 60.7 Å². The van der Waals surface area contributed by atoms with Gasteiger partial charge in [0.05, 0.1) is 0 Å². The van der Waals surface area contributed by atoms with E-state index in [2.05, 4.69) is 0 Å². The van der Waals surface area contributed by atoms with Crippen molar-refractivity contribution in [2.75, 3.05) is 0 Å². The van der Waals surface area contributed by atoms with E-state index in [1.165, 1.54) is 0 Å². The Morgan fingerprint density at radius 3 is 1.44 bits per heavy atom. The summed E-state index contributed by atoms with van der Waals surface area (Å²) in [5.41, 5.74) is 13.8. The van der Waals surface area contributed by atoms with Crippen LogP contribution in [0.25, 0.3) is 0 Å². The second-order valence-corrected chi connectivity index (χ2v) is 16.0. The molecule has 0 unspecified atom stereocenters. The van der Waals surface area contributed by atoms with Crippen molar-refractivity contribution in [1.29, 1.82) is 0 Å². The molecule has 0 spiro atoms. The van der Waals surface area contributed by atoms with Gasteiger partial charge in [0.15, 0.2) is 0 Å². The molecule has 0 fully saturated rings. The maximum absolute atomic E-state index is 12.3. The average molecular weight is 477 g/mol. The summed E-state index contributed by atoms with van der Waals surface area (Å²) in [6.45, 7) is 0. The predicted octanol–water partition coefficient (Wildman–Crippen LogP) is 1.91. The van der Waals surface area contributed by atoms with E-state index in [-0.39, 0.29) is 0 Å². The van der Waals surface area contributed by atoms with Crippen LogP contribution in [-0.4, -0.2) is 43.2 Å². The third kappa shape index (κ3) is 7.32. The molecule has 144 valence electrons. The molecule has 2 aromatic rings. The summed E-state index contributed by atoms with van der Waals surface area (Å²) in [6, 6.07) is 17.3. The first-order chi connectivity index (χ1) is 12.8. The molecule has 0 amide bonds. The molecule has 2 rings (SSSR count). The first-order valence-electron chi connectivity index (χ1n) is 8.81. The Balaban J connectivity index is 1.87. The van der Waals surface area contributed by atoms with Gasteiger partial charge in [-0.05, 0) is 0 Å². The van der Waals surface area contributed by atoms with Crippen molar-refractivity contribution in [2.24, 2.45) is 11.5 Å². The van der Waals surface area contributed by atoms with Crippen LogP contribution in [0.4, 0.5) is 0 Å². The zero-order valence-electron chi connectivity index (χ0n) is 15.6. The molecule has 0 aliphatic carbocycles. The molecule has 0 bridgehead atoms. The van der Waals surface area contributed by atoms with Crippen molar-refractivity contribution in [3.63, 3.8) is 0 Å². The third-order valence-corrected chi connectivity index (χ3v) is 7.85. The number of hydrogen-bond acceptors (Lipinski definition) is 6. The maximum atomic E-state index is 12.3. The van der Waals surface area contributed by atoms with Crippen LogP contribution in [-0.2, 0) is 28.6 Å². The Kier molecular flexibility index (Phi) is 7.82. The van der Waals surface area contributed by atoms with Crippen molar-refractivity contribution in [1.82, 2.24) is 0 Å². The van der Waals surface area contributed by atoms with Crippen molar-refractivity contribution < 1.29 is 15.7 Å². The fourth-order valence-electron chi connectivity index (χ4n) is 2.56. The van der Waals surface area contributed by atoms with Crippen LogP contribution in [0.3, 0.4) is 0 Å². The van der Waals surface area contributed by atoms with E-state index in [1.54, 1.807) is 9.88 Å². The number of carbonyl (C=O) groups is 2. The summed E-state index contributed by atoms with van der Waals surface area (Å²) in [5, 5.41) is 0. The van der Waals surface area contributed by atoms with Gasteiger partial charge < -0.3 is 0 Å². The van der Waals surface area contributed by atoms with Crippen molar-refractivity contribution in [2.45, 2.75) is 34.8 Å². The summed E-state index contributed by atoms with van der Waals surface area (Å²) >= 11 is -3.86. The molecule has 0 saturated heterocycles. The summed E-state index contributed by atoms with van der Waals surface area (Å²) in [6.07, 6.45) is 0.728. The van der Waals surface area contributed by atoms with Crippen LogP contribution < -0.4 is 11.5 Å². The normalized spacial score (nSPS) is 13.5. The molecule has 0 aliphatic heterocycles. The molecule has 4 N–H and O–H groups in total. The average Bonchev–Trinajstić information content (AvgIpc) is 2.62. The molecule has 0 aromatic heterocycles. The number of rotatable bonds is 8. The Morgan fingerprint density at radius 1 is 0.778 bits per heavy atom. The fourth-order valence-corrected chi connectivity index (χ4v) is 6.31. The summed E-state index contributed by atoms with van der Waals surface area (Å²) < 4.78 is 11.0. The van der Waals surface area contributed by atoms with Gasteiger partial charge in [0.1, 0.15) is 0 Å². The molecule has 0 saturated carbocycles. The Morgan fingerprint density at radius 2 is 1.11 bits per heavy atom. The van der Waals surface area contributed by atoms with Gasteiger partial charge in [0.2, 0.25) is 0 Å². The summed E-state index contributed by atoms with van der Waals surface area (Å²) in [4.78, 5) is 28.0. The predicted molar refractivity (Wildman–Crippen MR) is 106 cm³/mol. The zero-order chi connectivity index (χ0) is 19.9. The van der Waals surface area contributed by atoms with Crippen LogP contribution in [0.1, 0.15) is 11.1 Å². The quantitative estimate of drug-likeness (QED) is 0.564. The van der Waals surface area contributed by atoms with E-state index >= 15 is 0 Å². The van der Waals surface area contributed by atoms with Gasteiger partial charge in [0, 0.05) is 0 Å². The molecule has 27 heavy (non-hydrogen) atoms. The fraction of sp³-hybridized carbons (Fsp3) is 0.300. The van der Waals surface area contributed by atoms with Gasteiger partial charge >= 0.3 is 165 Å². The van der Waals surface area contributed by atoms with Crippen molar-refractivity contribution in [3.8, 4) is 0 Å². The van der Waals surface area contributed by atoms with Crippen LogP contribution in [0.2, 0.25) is 9.88 Å². The summed E-state index contributed by atoms with van der Waals surface area (Å²) in [5.74, 6) is -1.10. The molecular weight excluding hydrogens is 451 g/mol. The molecular formula is C20H26N2O4Sn. The van der Waals surface area contributed by atoms with Crippen LogP contribution >= 0.6 is 0 Å². The molecule has 2 atom stereocenters. The molecule has 6 nitrogen and oxygen atoms in total. The Hall–Kier alpha value is -1.90. The van der Waals surface area contributed by atoms with E-state index in [9.17, 15) is 9.59 Å². The van der Waals surface area contributed by atoms with E-state index in [0.717, 1.165) is 11.1 Å². The van der Waals surface area contributed by atoms with Gasteiger partial charge in [0.25, 0.3) is 0 Å². The van der Waals surface area contributed by atoms with Gasteiger partial charge in [-0.25, -0.2) is 0 Å². The van der Waals surface area contributed by atoms with Crippen molar-refractivity contribution in [3.05, 3.63) is 71.8 Å². The first-order valence-corrected chi connectivity index (χ1v) is 16.9. The topological polar surface area (TPSA) is 105 Å². The minimum atomic E-state index is -3.86. The molecule has 0 heterocycles. The van der Waals surface area contributed by atoms with Gasteiger partial charge in [-0.15, -0.1) is 0 Å². The van der Waals surface area contributed by atoms with Crippen LogP contribution in [0, 0.1) is 0 Å². The SMILES string of the molecule is [CH3][Sn]([CH3])([O]C(=O)[C@H](N)Cc1ccccc1)[O]C(=O)[C@@H](N)Cc1ccccc1. The molecule has 7 heteroatoms. The number of hydrogen-bond donors (Lipinski definition) is 2. The first kappa shape index (κ1) is 21.4. The Labute approximate surface area is 164 Å². The van der Waals surface area contributed by atoms with Gasteiger partial charge in [-0.2, -0.15) is 0 Å². The van der Waals surface area contributed by atoms with Gasteiger partial charge in [-0.3, -0.25) is 0 Å². The van der Waals surface area contributed by atoms with E-state index < -0.39 is 43.2 Å². The monoisotopic (exact) mass is 478 g/mol. The molecule has 2 aromatic carbocycles. The minimum absolute atomic E-state index is 0.364. The van der Waals surface area contributed by atoms with E-state index in [0.29, 0.717) is 12.8 Å². The standard InChI is InChI=1S/2C9H11NO2.2CH3.Sn/c2*10-8(9(11)12)6-7-4-2-1-3-5-7;;;/h2*1-5,8H,6,10H2,(H,11,12);2*1H3;/q;;;;+2/p-2/t2*8-;;;/m10.../s1. The number of nitrogens with two attached hydrogens (primary N) is 2. The van der Waals surface area contributed by atoms with E-state index in [4.69, 9.17) is 17.6 Å². The van der Waals surface area contributed by atoms with Crippen molar-refractivity contribution >= 4 is 31.1 Å². The second kappa shape index (κ2) is 9.87. The van der Waals surface area contributed by atoms with Crippen LogP contribution in [0.15, 0.2) is 60.7 Å². The van der Waals surface area contributed by atoms with Gasteiger partial charge in [-0.1, -0.05) is 0 Å². The molecule has 0 radical (unpaired) electrons. The summed E-state index contributed by atoms with van der Waals surface area (Å²) in [7, 11) is 0. The number of carbonyl (C=O) groups excluding carboxylic acids is 2.